The van der Waals surface area contributed by atoms with Gasteiger partial charge in [-0.1, -0.05) is 56.3 Å². The van der Waals surface area contributed by atoms with E-state index in [9.17, 15) is 9.18 Å². The molecule has 0 spiro atoms. The second-order valence-corrected chi connectivity index (χ2v) is 8.39. The molecule has 2 N–H and O–H groups in total. The van der Waals surface area contributed by atoms with Crippen LogP contribution in [0.25, 0.3) is 20.7 Å². The lowest BCUT2D eigenvalue weighted by atomic mass is 9.96. The van der Waals surface area contributed by atoms with Gasteiger partial charge in [0.15, 0.2) is 0 Å². The molecule has 4 rings (SSSR count). The predicted octanol–water partition coefficient (Wildman–Crippen LogP) is 5.28. The van der Waals surface area contributed by atoms with E-state index in [-0.39, 0.29) is 17.4 Å². The summed E-state index contributed by atoms with van der Waals surface area (Å²) in [6.45, 7) is 4.63. The number of aromatic nitrogens is 2. The summed E-state index contributed by atoms with van der Waals surface area (Å²) < 4.78 is 13.3. The zero-order valence-corrected chi connectivity index (χ0v) is 17.1. The lowest BCUT2D eigenvalue weighted by molar-refractivity contribution is 0.405. The van der Waals surface area contributed by atoms with Crippen molar-refractivity contribution in [3.63, 3.8) is 0 Å². The van der Waals surface area contributed by atoms with Crippen LogP contribution in [0.3, 0.4) is 0 Å². The molecule has 0 fully saturated rings. The standard InChI is InChI=1S/C23H22FN3OS/c1-14(2)21(16-8-10-17(24)11-9-16)25-13-20-26-22(28)18-12-19(29-23(18)27-20)15-6-4-3-5-7-15/h3-12,14,21,25H,13H2,1-2H3,(H,26,27,28)/t21-/m1/s1. The number of nitrogens with one attached hydrogen (secondary N) is 2. The lowest BCUT2D eigenvalue weighted by Gasteiger charge is -2.22. The van der Waals surface area contributed by atoms with E-state index in [1.54, 1.807) is 12.1 Å². The number of benzene rings is 2. The van der Waals surface area contributed by atoms with E-state index in [1.807, 2.05) is 36.4 Å². The molecule has 2 heterocycles. The van der Waals surface area contributed by atoms with Crippen molar-refractivity contribution >= 4 is 21.6 Å². The summed E-state index contributed by atoms with van der Waals surface area (Å²) in [6.07, 6.45) is 0. The maximum absolute atomic E-state index is 13.3. The third-order valence-electron chi connectivity index (χ3n) is 4.89. The minimum absolute atomic E-state index is 0.0276. The maximum atomic E-state index is 13.3. The smallest absolute Gasteiger partial charge is 0.259 e. The van der Waals surface area contributed by atoms with E-state index in [0.29, 0.717) is 23.7 Å². The molecule has 0 saturated heterocycles. The van der Waals surface area contributed by atoms with Crippen molar-refractivity contribution in [2.45, 2.75) is 26.4 Å². The largest absolute Gasteiger partial charge is 0.309 e. The SMILES string of the molecule is CC(C)[C@@H](NCc1nc2sc(-c3ccccc3)cc2c(=O)[nH]1)c1ccc(F)cc1. The molecule has 2 aromatic heterocycles. The summed E-state index contributed by atoms with van der Waals surface area (Å²) in [7, 11) is 0. The Balaban J connectivity index is 1.59. The van der Waals surface area contributed by atoms with Gasteiger partial charge in [-0.2, -0.15) is 0 Å². The molecule has 148 valence electrons. The maximum Gasteiger partial charge on any atom is 0.259 e. The fourth-order valence-corrected chi connectivity index (χ4v) is 4.48. The van der Waals surface area contributed by atoms with Crippen molar-refractivity contribution in [3.8, 4) is 10.4 Å². The van der Waals surface area contributed by atoms with E-state index in [2.05, 4.69) is 29.1 Å². The van der Waals surface area contributed by atoms with Crippen LogP contribution in [0, 0.1) is 11.7 Å². The Morgan fingerprint density at radius 1 is 1.10 bits per heavy atom. The molecule has 2 aromatic carbocycles. The zero-order valence-electron chi connectivity index (χ0n) is 16.3. The topological polar surface area (TPSA) is 57.8 Å². The first kappa shape index (κ1) is 19.5. The molecule has 1 atom stereocenters. The Kier molecular flexibility index (Phi) is 5.56. The Labute approximate surface area is 172 Å². The lowest BCUT2D eigenvalue weighted by Crippen LogP contribution is -2.27. The summed E-state index contributed by atoms with van der Waals surface area (Å²) in [5.41, 5.74) is 1.95. The summed E-state index contributed by atoms with van der Waals surface area (Å²) in [5.74, 6) is 0.638. The van der Waals surface area contributed by atoms with Crippen LogP contribution in [0.1, 0.15) is 31.3 Å². The highest BCUT2D eigenvalue weighted by atomic mass is 32.1. The number of H-pyrrole nitrogens is 1. The molecule has 0 bridgehead atoms. The highest BCUT2D eigenvalue weighted by Gasteiger charge is 2.17. The fraction of sp³-hybridized carbons (Fsp3) is 0.217. The Morgan fingerprint density at radius 2 is 1.83 bits per heavy atom. The molecule has 4 nitrogen and oxygen atoms in total. The highest BCUT2D eigenvalue weighted by molar-refractivity contribution is 7.21. The van der Waals surface area contributed by atoms with Gasteiger partial charge in [-0.15, -0.1) is 11.3 Å². The third-order valence-corrected chi connectivity index (χ3v) is 5.97. The molecule has 6 heteroatoms. The van der Waals surface area contributed by atoms with Gasteiger partial charge in [0.05, 0.1) is 11.9 Å². The van der Waals surface area contributed by atoms with Gasteiger partial charge in [-0.25, -0.2) is 9.37 Å². The number of halogens is 1. The second-order valence-electron chi connectivity index (χ2n) is 7.36. The van der Waals surface area contributed by atoms with Crippen LogP contribution in [-0.4, -0.2) is 9.97 Å². The van der Waals surface area contributed by atoms with E-state index < -0.39 is 0 Å². The summed E-state index contributed by atoms with van der Waals surface area (Å²) in [4.78, 5) is 21.9. The van der Waals surface area contributed by atoms with Crippen LogP contribution in [0.15, 0.2) is 65.5 Å². The quantitative estimate of drug-likeness (QED) is 0.457. The van der Waals surface area contributed by atoms with Crippen molar-refractivity contribution in [2.75, 3.05) is 0 Å². The summed E-state index contributed by atoms with van der Waals surface area (Å²) in [6, 6.07) is 18.4. The van der Waals surface area contributed by atoms with Crippen molar-refractivity contribution < 1.29 is 4.39 Å². The number of aromatic amines is 1. The predicted molar refractivity (Wildman–Crippen MR) is 116 cm³/mol. The monoisotopic (exact) mass is 407 g/mol. The van der Waals surface area contributed by atoms with Crippen LogP contribution in [0.4, 0.5) is 4.39 Å². The molecule has 29 heavy (non-hydrogen) atoms. The number of fused-ring (bicyclic) bond motifs is 1. The highest BCUT2D eigenvalue weighted by Crippen LogP contribution is 2.30. The van der Waals surface area contributed by atoms with Gasteiger partial charge in [-0.3, -0.25) is 4.79 Å². The van der Waals surface area contributed by atoms with E-state index in [4.69, 9.17) is 0 Å². The first-order valence-corrected chi connectivity index (χ1v) is 10.4. The second kappa shape index (κ2) is 8.27. The van der Waals surface area contributed by atoms with Gasteiger partial charge in [-0.05, 0) is 35.2 Å². The van der Waals surface area contributed by atoms with E-state index in [0.717, 1.165) is 20.8 Å². The molecule has 0 aliphatic heterocycles. The van der Waals surface area contributed by atoms with Crippen molar-refractivity contribution in [1.82, 2.24) is 15.3 Å². The molecular weight excluding hydrogens is 385 g/mol. The number of rotatable bonds is 6. The average molecular weight is 408 g/mol. The minimum Gasteiger partial charge on any atom is -0.309 e. The van der Waals surface area contributed by atoms with Crippen LogP contribution < -0.4 is 10.9 Å². The number of hydrogen-bond acceptors (Lipinski definition) is 4. The van der Waals surface area contributed by atoms with Gasteiger partial charge in [0, 0.05) is 10.9 Å². The number of thiophene rings is 1. The molecular formula is C23H22FN3OS. The van der Waals surface area contributed by atoms with Gasteiger partial charge in [0.25, 0.3) is 5.56 Å². The van der Waals surface area contributed by atoms with Crippen LogP contribution in [-0.2, 0) is 6.54 Å². The number of hydrogen-bond donors (Lipinski definition) is 2. The van der Waals surface area contributed by atoms with Crippen molar-refractivity contribution in [1.29, 1.82) is 0 Å². The Bertz CT molecular complexity index is 1170. The molecule has 0 saturated carbocycles. The average Bonchev–Trinajstić information content (AvgIpc) is 3.15. The van der Waals surface area contributed by atoms with Crippen LogP contribution in [0.5, 0.6) is 0 Å². The first-order chi connectivity index (χ1) is 14.0. The third kappa shape index (κ3) is 4.28. The van der Waals surface area contributed by atoms with Gasteiger partial charge < -0.3 is 10.3 Å². The molecule has 0 radical (unpaired) electrons. The van der Waals surface area contributed by atoms with Crippen LogP contribution >= 0.6 is 11.3 Å². The summed E-state index contributed by atoms with van der Waals surface area (Å²) >= 11 is 1.52. The normalized spacial score (nSPS) is 12.6. The molecule has 4 aromatic rings. The van der Waals surface area contributed by atoms with Gasteiger partial charge in [0.1, 0.15) is 16.5 Å². The van der Waals surface area contributed by atoms with Crippen molar-refractivity contribution in [3.05, 3.63) is 88.2 Å². The molecule has 0 unspecified atom stereocenters. The Morgan fingerprint density at radius 3 is 2.52 bits per heavy atom. The van der Waals surface area contributed by atoms with Gasteiger partial charge >= 0.3 is 0 Å². The molecule has 0 aliphatic carbocycles. The molecule has 0 aliphatic rings. The zero-order chi connectivity index (χ0) is 20.4. The fourth-order valence-electron chi connectivity index (χ4n) is 3.42. The van der Waals surface area contributed by atoms with E-state index in [1.165, 1.54) is 23.5 Å². The Hall–Kier alpha value is -2.83. The van der Waals surface area contributed by atoms with Gasteiger partial charge in [0.2, 0.25) is 0 Å². The minimum atomic E-state index is -0.250. The van der Waals surface area contributed by atoms with E-state index >= 15 is 0 Å². The first-order valence-electron chi connectivity index (χ1n) is 9.58. The van der Waals surface area contributed by atoms with Crippen molar-refractivity contribution in [2.24, 2.45) is 5.92 Å². The molecule has 0 amide bonds. The number of nitrogens with zero attached hydrogens (tertiary/aromatic N) is 1. The summed E-state index contributed by atoms with van der Waals surface area (Å²) in [5, 5.41) is 4.06. The van der Waals surface area contributed by atoms with Crippen LogP contribution in [0.2, 0.25) is 0 Å².